The first-order valence-corrected chi connectivity index (χ1v) is 8.29. The van der Waals surface area contributed by atoms with E-state index < -0.39 is 20.8 Å². The Morgan fingerprint density at radius 2 is 1.71 bits per heavy atom. The standard InChI is InChI=1S/C15H9N3O5S/c19-18(20)14-13-11-8-4-5-9-12(11)17(15(13)23-16-14)24(21,22)10-6-2-1-3-7-10/h1-9H. The molecule has 9 heteroatoms. The Balaban J connectivity index is 2.18. The molecule has 24 heavy (non-hydrogen) atoms. The van der Waals surface area contributed by atoms with Crippen LogP contribution in [-0.4, -0.2) is 22.5 Å². The maximum absolute atomic E-state index is 13.0. The monoisotopic (exact) mass is 343 g/mol. The highest BCUT2D eigenvalue weighted by molar-refractivity contribution is 7.90. The summed E-state index contributed by atoms with van der Waals surface area (Å²) in [6.07, 6.45) is 0. The van der Waals surface area contributed by atoms with E-state index in [1.54, 1.807) is 42.5 Å². The third-order valence-electron chi connectivity index (χ3n) is 3.69. The van der Waals surface area contributed by atoms with Gasteiger partial charge in [-0.05, 0) is 23.1 Å². The maximum Gasteiger partial charge on any atom is 0.423 e. The second-order valence-corrected chi connectivity index (χ2v) is 6.83. The molecule has 0 saturated carbocycles. The molecule has 0 bridgehead atoms. The number of hydrogen-bond acceptors (Lipinski definition) is 6. The molecule has 4 aromatic rings. The van der Waals surface area contributed by atoms with E-state index in [0.717, 1.165) is 3.97 Å². The van der Waals surface area contributed by atoms with Gasteiger partial charge in [-0.1, -0.05) is 36.4 Å². The fourth-order valence-electron chi connectivity index (χ4n) is 2.68. The van der Waals surface area contributed by atoms with E-state index in [-0.39, 0.29) is 16.0 Å². The van der Waals surface area contributed by atoms with Crippen molar-refractivity contribution in [1.82, 2.24) is 9.13 Å². The van der Waals surface area contributed by atoms with E-state index in [2.05, 4.69) is 5.16 Å². The lowest BCUT2D eigenvalue weighted by molar-refractivity contribution is -0.389. The number of nitro groups is 1. The Morgan fingerprint density at radius 3 is 2.42 bits per heavy atom. The Hall–Kier alpha value is -3.20. The number of para-hydroxylation sites is 1. The van der Waals surface area contributed by atoms with Crippen molar-refractivity contribution in [2.24, 2.45) is 0 Å². The molecule has 4 rings (SSSR count). The lowest BCUT2D eigenvalue weighted by Gasteiger charge is -2.06. The van der Waals surface area contributed by atoms with Crippen LogP contribution in [0.2, 0.25) is 0 Å². The minimum atomic E-state index is -4.00. The minimum Gasteiger partial charge on any atom is -0.358 e. The Labute approximate surface area is 135 Å². The van der Waals surface area contributed by atoms with Crippen molar-refractivity contribution in [1.29, 1.82) is 0 Å². The van der Waals surface area contributed by atoms with E-state index in [1.165, 1.54) is 12.1 Å². The predicted octanol–water partition coefficient (Wildman–Crippen LogP) is 2.93. The number of benzene rings is 2. The largest absolute Gasteiger partial charge is 0.423 e. The first-order valence-electron chi connectivity index (χ1n) is 6.85. The zero-order valence-electron chi connectivity index (χ0n) is 12.0. The molecule has 2 heterocycles. The molecule has 0 radical (unpaired) electrons. The molecule has 8 nitrogen and oxygen atoms in total. The summed E-state index contributed by atoms with van der Waals surface area (Å²) < 4.78 is 32.0. The van der Waals surface area contributed by atoms with Gasteiger partial charge in [0.05, 0.1) is 10.4 Å². The third kappa shape index (κ3) is 1.85. The molecular weight excluding hydrogens is 334 g/mol. The number of aromatic nitrogens is 2. The molecule has 0 amide bonds. The lowest BCUT2D eigenvalue weighted by Crippen LogP contribution is -2.12. The van der Waals surface area contributed by atoms with Crippen molar-refractivity contribution in [2.45, 2.75) is 4.90 Å². The summed E-state index contributed by atoms with van der Waals surface area (Å²) in [4.78, 5) is 10.5. The summed E-state index contributed by atoms with van der Waals surface area (Å²) in [5.41, 5.74) is 0.118. The highest BCUT2D eigenvalue weighted by Crippen LogP contribution is 2.37. The van der Waals surface area contributed by atoms with Crippen LogP contribution in [0.3, 0.4) is 0 Å². The molecular formula is C15H9N3O5S. The number of nitrogens with zero attached hydrogens (tertiary/aromatic N) is 3. The minimum absolute atomic E-state index is 0.0479. The van der Waals surface area contributed by atoms with Crippen LogP contribution in [-0.2, 0) is 10.0 Å². The van der Waals surface area contributed by atoms with Gasteiger partial charge in [0.15, 0.2) is 10.5 Å². The average Bonchev–Trinajstić information content (AvgIpc) is 3.13. The highest BCUT2D eigenvalue weighted by Gasteiger charge is 2.32. The lowest BCUT2D eigenvalue weighted by atomic mass is 10.2. The van der Waals surface area contributed by atoms with Crippen LogP contribution in [0.1, 0.15) is 0 Å². The molecule has 0 atom stereocenters. The van der Waals surface area contributed by atoms with Crippen molar-refractivity contribution >= 4 is 37.8 Å². The summed E-state index contributed by atoms with van der Waals surface area (Å²) in [6.45, 7) is 0. The van der Waals surface area contributed by atoms with Crippen LogP contribution >= 0.6 is 0 Å². The van der Waals surface area contributed by atoms with Crippen LogP contribution in [0.25, 0.3) is 22.0 Å². The molecule has 0 aliphatic rings. The van der Waals surface area contributed by atoms with Crippen LogP contribution in [0, 0.1) is 10.1 Å². The molecule has 0 unspecified atom stereocenters. The molecule has 0 N–H and O–H groups in total. The summed E-state index contributed by atoms with van der Waals surface area (Å²) in [5, 5.41) is 15.0. The van der Waals surface area contributed by atoms with Gasteiger partial charge in [-0.3, -0.25) is 0 Å². The predicted molar refractivity (Wildman–Crippen MR) is 85.2 cm³/mol. The van der Waals surface area contributed by atoms with Gasteiger partial charge in [-0.25, -0.2) is 12.9 Å². The normalized spacial score (nSPS) is 12.0. The first-order chi connectivity index (χ1) is 11.5. The Kier molecular flexibility index (Phi) is 2.94. The number of fused-ring (bicyclic) bond motifs is 3. The van der Waals surface area contributed by atoms with Gasteiger partial charge < -0.3 is 10.1 Å². The van der Waals surface area contributed by atoms with Crippen molar-refractivity contribution in [3.05, 3.63) is 64.7 Å². The Bertz CT molecular complexity index is 1190. The summed E-state index contributed by atoms with van der Waals surface area (Å²) in [7, 11) is -4.00. The average molecular weight is 343 g/mol. The topological polar surface area (TPSA) is 108 Å². The van der Waals surface area contributed by atoms with Crippen LogP contribution in [0.4, 0.5) is 5.82 Å². The van der Waals surface area contributed by atoms with E-state index in [1.807, 2.05) is 0 Å². The third-order valence-corrected chi connectivity index (χ3v) is 5.40. The second-order valence-electron chi connectivity index (χ2n) is 5.04. The highest BCUT2D eigenvalue weighted by atomic mass is 32.2. The zero-order valence-corrected chi connectivity index (χ0v) is 12.8. The van der Waals surface area contributed by atoms with E-state index >= 15 is 0 Å². The van der Waals surface area contributed by atoms with Gasteiger partial charge in [-0.15, -0.1) is 0 Å². The summed E-state index contributed by atoms with van der Waals surface area (Å²) in [5.74, 6) is -0.511. The zero-order chi connectivity index (χ0) is 16.9. The van der Waals surface area contributed by atoms with Gasteiger partial charge in [0, 0.05) is 5.39 Å². The molecule has 120 valence electrons. The molecule has 0 aliphatic heterocycles. The fourth-order valence-corrected chi connectivity index (χ4v) is 4.15. The summed E-state index contributed by atoms with van der Waals surface area (Å²) in [6, 6.07) is 14.3. The molecule has 0 aliphatic carbocycles. The smallest absolute Gasteiger partial charge is 0.358 e. The maximum atomic E-state index is 13.0. The van der Waals surface area contributed by atoms with E-state index in [0.29, 0.717) is 10.9 Å². The van der Waals surface area contributed by atoms with Gasteiger partial charge in [0.1, 0.15) is 0 Å². The van der Waals surface area contributed by atoms with Crippen molar-refractivity contribution in [3.63, 3.8) is 0 Å². The van der Waals surface area contributed by atoms with Crippen molar-refractivity contribution < 1.29 is 17.9 Å². The molecule has 2 aromatic carbocycles. The van der Waals surface area contributed by atoms with Crippen LogP contribution in [0.15, 0.2) is 64.0 Å². The molecule has 0 saturated heterocycles. The van der Waals surface area contributed by atoms with Crippen LogP contribution < -0.4 is 0 Å². The second kappa shape index (κ2) is 4.90. The quantitative estimate of drug-likeness (QED) is 0.418. The van der Waals surface area contributed by atoms with Crippen molar-refractivity contribution in [2.75, 3.05) is 0 Å². The summed E-state index contributed by atoms with van der Waals surface area (Å²) >= 11 is 0. The molecule has 2 aromatic heterocycles. The van der Waals surface area contributed by atoms with Gasteiger partial charge in [0.2, 0.25) is 0 Å². The van der Waals surface area contributed by atoms with Gasteiger partial charge in [-0.2, -0.15) is 3.97 Å². The van der Waals surface area contributed by atoms with E-state index in [4.69, 9.17) is 4.52 Å². The van der Waals surface area contributed by atoms with Gasteiger partial charge >= 0.3 is 5.82 Å². The number of hydrogen-bond donors (Lipinski definition) is 0. The first kappa shape index (κ1) is 14.4. The molecule has 0 spiro atoms. The SMILES string of the molecule is O=[N+]([O-])c1noc2c1c1ccccc1n2S(=O)(=O)c1ccccc1. The van der Waals surface area contributed by atoms with Crippen LogP contribution in [0.5, 0.6) is 0 Å². The number of rotatable bonds is 3. The van der Waals surface area contributed by atoms with Gasteiger partial charge in [0.25, 0.3) is 15.7 Å². The van der Waals surface area contributed by atoms with E-state index in [9.17, 15) is 18.5 Å². The van der Waals surface area contributed by atoms with Crippen molar-refractivity contribution in [3.8, 4) is 0 Å². The Morgan fingerprint density at radius 1 is 1.04 bits per heavy atom. The molecule has 0 fully saturated rings. The fraction of sp³-hybridized carbons (Fsp3) is 0.